The first-order chi connectivity index (χ1) is 9.19. The van der Waals surface area contributed by atoms with Crippen LogP contribution in [0.4, 0.5) is 0 Å². The molecular formula is C16H20N2O. The SMILES string of the molecule is CCCc1ccc(Oc2cc([C@@H](C)N)ccn2)cc1. The summed E-state index contributed by atoms with van der Waals surface area (Å²) in [5.41, 5.74) is 8.19. The van der Waals surface area contributed by atoms with Crippen LogP contribution in [0.15, 0.2) is 42.6 Å². The minimum atomic E-state index is -0.0164. The van der Waals surface area contributed by atoms with Gasteiger partial charge in [0.15, 0.2) is 0 Å². The van der Waals surface area contributed by atoms with E-state index in [0.717, 1.165) is 24.2 Å². The van der Waals surface area contributed by atoms with Crippen molar-refractivity contribution in [1.29, 1.82) is 0 Å². The monoisotopic (exact) mass is 256 g/mol. The van der Waals surface area contributed by atoms with E-state index < -0.39 is 0 Å². The molecule has 0 amide bonds. The molecule has 2 N–H and O–H groups in total. The van der Waals surface area contributed by atoms with Crippen molar-refractivity contribution in [3.63, 3.8) is 0 Å². The molecule has 1 atom stereocenters. The second kappa shape index (κ2) is 6.34. The van der Waals surface area contributed by atoms with Crippen LogP contribution in [0.2, 0.25) is 0 Å². The highest BCUT2D eigenvalue weighted by atomic mass is 16.5. The average molecular weight is 256 g/mol. The first kappa shape index (κ1) is 13.6. The molecule has 3 nitrogen and oxygen atoms in total. The molecular weight excluding hydrogens is 236 g/mol. The average Bonchev–Trinajstić information content (AvgIpc) is 2.42. The number of benzene rings is 1. The molecule has 0 fully saturated rings. The lowest BCUT2D eigenvalue weighted by atomic mass is 10.1. The Balaban J connectivity index is 2.10. The van der Waals surface area contributed by atoms with Gasteiger partial charge >= 0.3 is 0 Å². The van der Waals surface area contributed by atoms with Gasteiger partial charge in [0, 0.05) is 18.3 Å². The van der Waals surface area contributed by atoms with Crippen LogP contribution in [0.3, 0.4) is 0 Å². The predicted octanol–water partition coefficient (Wildman–Crippen LogP) is 3.85. The van der Waals surface area contributed by atoms with Crippen molar-refractivity contribution in [1.82, 2.24) is 4.98 Å². The van der Waals surface area contributed by atoms with E-state index in [4.69, 9.17) is 10.5 Å². The normalized spacial score (nSPS) is 12.2. The topological polar surface area (TPSA) is 48.1 Å². The fraction of sp³-hybridized carbons (Fsp3) is 0.312. The number of rotatable bonds is 5. The standard InChI is InChI=1S/C16H20N2O/c1-3-4-13-5-7-15(8-6-13)19-16-11-14(12(2)17)9-10-18-16/h5-12H,3-4,17H2,1-2H3/t12-/m1/s1. The highest BCUT2D eigenvalue weighted by Crippen LogP contribution is 2.22. The van der Waals surface area contributed by atoms with Gasteiger partial charge in [0.05, 0.1) is 0 Å². The Bertz CT molecular complexity index is 521. The Kier molecular flexibility index (Phi) is 4.53. The van der Waals surface area contributed by atoms with Crippen LogP contribution >= 0.6 is 0 Å². The summed E-state index contributed by atoms with van der Waals surface area (Å²) in [6.07, 6.45) is 3.97. The minimum absolute atomic E-state index is 0.0164. The fourth-order valence-corrected chi connectivity index (χ4v) is 1.90. The van der Waals surface area contributed by atoms with Gasteiger partial charge in [0.2, 0.25) is 5.88 Å². The van der Waals surface area contributed by atoms with Gasteiger partial charge in [-0.2, -0.15) is 0 Å². The molecule has 0 saturated carbocycles. The molecule has 0 aliphatic rings. The van der Waals surface area contributed by atoms with Crippen LogP contribution < -0.4 is 10.5 Å². The Morgan fingerprint density at radius 3 is 2.58 bits per heavy atom. The Labute approximate surface area is 114 Å². The maximum Gasteiger partial charge on any atom is 0.219 e. The van der Waals surface area contributed by atoms with Gasteiger partial charge in [0.25, 0.3) is 0 Å². The van der Waals surface area contributed by atoms with E-state index in [1.54, 1.807) is 6.20 Å². The van der Waals surface area contributed by atoms with E-state index in [9.17, 15) is 0 Å². The summed E-state index contributed by atoms with van der Waals surface area (Å²) in [7, 11) is 0. The van der Waals surface area contributed by atoms with Crippen molar-refractivity contribution in [2.24, 2.45) is 5.73 Å². The van der Waals surface area contributed by atoms with Crippen molar-refractivity contribution in [2.45, 2.75) is 32.7 Å². The lowest BCUT2D eigenvalue weighted by Gasteiger charge is -2.09. The summed E-state index contributed by atoms with van der Waals surface area (Å²) in [6, 6.07) is 11.9. The number of pyridine rings is 1. The van der Waals surface area contributed by atoms with Gasteiger partial charge < -0.3 is 10.5 Å². The molecule has 3 heteroatoms. The molecule has 1 aromatic heterocycles. The fourth-order valence-electron chi connectivity index (χ4n) is 1.90. The molecule has 100 valence electrons. The molecule has 1 heterocycles. The molecule has 0 aliphatic heterocycles. The molecule has 0 radical (unpaired) electrons. The largest absolute Gasteiger partial charge is 0.439 e. The van der Waals surface area contributed by atoms with E-state index in [1.165, 1.54) is 5.56 Å². The van der Waals surface area contributed by atoms with E-state index >= 15 is 0 Å². The van der Waals surface area contributed by atoms with Crippen LogP contribution in [0.1, 0.15) is 37.4 Å². The number of ether oxygens (including phenoxy) is 1. The van der Waals surface area contributed by atoms with E-state index in [1.807, 2.05) is 31.2 Å². The van der Waals surface area contributed by atoms with Gasteiger partial charge in [-0.25, -0.2) is 4.98 Å². The second-order valence-corrected chi connectivity index (χ2v) is 4.71. The second-order valence-electron chi connectivity index (χ2n) is 4.71. The van der Waals surface area contributed by atoms with Crippen molar-refractivity contribution in [3.05, 3.63) is 53.7 Å². The minimum Gasteiger partial charge on any atom is -0.439 e. The molecule has 0 spiro atoms. The van der Waals surface area contributed by atoms with Crippen molar-refractivity contribution < 1.29 is 4.74 Å². The molecule has 2 aromatic rings. The molecule has 19 heavy (non-hydrogen) atoms. The zero-order valence-electron chi connectivity index (χ0n) is 11.5. The van der Waals surface area contributed by atoms with Gasteiger partial charge in [-0.15, -0.1) is 0 Å². The summed E-state index contributed by atoms with van der Waals surface area (Å²) >= 11 is 0. The summed E-state index contributed by atoms with van der Waals surface area (Å²) in [6.45, 7) is 4.12. The summed E-state index contributed by atoms with van der Waals surface area (Å²) in [5, 5.41) is 0. The smallest absolute Gasteiger partial charge is 0.219 e. The van der Waals surface area contributed by atoms with E-state index in [2.05, 4.69) is 24.0 Å². The quantitative estimate of drug-likeness (QED) is 0.884. The van der Waals surface area contributed by atoms with Crippen LogP contribution in [0, 0.1) is 0 Å². The van der Waals surface area contributed by atoms with E-state index in [0.29, 0.717) is 5.88 Å². The molecule has 0 bridgehead atoms. The lowest BCUT2D eigenvalue weighted by molar-refractivity contribution is 0.461. The zero-order valence-corrected chi connectivity index (χ0v) is 11.5. The Morgan fingerprint density at radius 2 is 1.95 bits per heavy atom. The Morgan fingerprint density at radius 1 is 1.21 bits per heavy atom. The number of nitrogens with zero attached hydrogens (tertiary/aromatic N) is 1. The van der Waals surface area contributed by atoms with Crippen molar-refractivity contribution in [3.8, 4) is 11.6 Å². The van der Waals surface area contributed by atoms with Crippen LogP contribution in [-0.2, 0) is 6.42 Å². The lowest BCUT2D eigenvalue weighted by Crippen LogP contribution is -2.05. The predicted molar refractivity (Wildman–Crippen MR) is 77.4 cm³/mol. The number of aromatic nitrogens is 1. The summed E-state index contributed by atoms with van der Waals surface area (Å²) in [5.74, 6) is 1.38. The maximum atomic E-state index is 5.85. The van der Waals surface area contributed by atoms with Crippen LogP contribution in [-0.4, -0.2) is 4.98 Å². The zero-order chi connectivity index (χ0) is 13.7. The number of hydrogen-bond acceptors (Lipinski definition) is 3. The third kappa shape index (κ3) is 3.80. The molecule has 0 unspecified atom stereocenters. The maximum absolute atomic E-state index is 5.85. The molecule has 2 rings (SSSR count). The molecule has 0 aliphatic carbocycles. The van der Waals surface area contributed by atoms with Crippen molar-refractivity contribution in [2.75, 3.05) is 0 Å². The van der Waals surface area contributed by atoms with Crippen LogP contribution in [0.5, 0.6) is 11.6 Å². The first-order valence-electron chi connectivity index (χ1n) is 6.67. The Hall–Kier alpha value is -1.87. The van der Waals surface area contributed by atoms with E-state index in [-0.39, 0.29) is 6.04 Å². The van der Waals surface area contributed by atoms with Gasteiger partial charge in [-0.05, 0) is 42.7 Å². The number of nitrogens with two attached hydrogens (primary N) is 1. The third-order valence-electron chi connectivity index (χ3n) is 2.97. The van der Waals surface area contributed by atoms with Gasteiger partial charge in [-0.1, -0.05) is 25.5 Å². The number of aryl methyl sites for hydroxylation is 1. The van der Waals surface area contributed by atoms with Gasteiger partial charge in [0.1, 0.15) is 5.75 Å². The van der Waals surface area contributed by atoms with Gasteiger partial charge in [-0.3, -0.25) is 0 Å². The molecule has 0 saturated heterocycles. The summed E-state index contributed by atoms with van der Waals surface area (Å²) < 4.78 is 5.74. The highest BCUT2D eigenvalue weighted by Gasteiger charge is 2.03. The summed E-state index contributed by atoms with van der Waals surface area (Å²) in [4.78, 5) is 4.20. The third-order valence-corrected chi connectivity index (χ3v) is 2.97. The first-order valence-corrected chi connectivity index (χ1v) is 6.67. The number of hydrogen-bond donors (Lipinski definition) is 1. The van der Waals surface area contributed by atoms with Crippen LogP contribution in [0.25, 0.3) is 0 Å². The highest BCUT2D eigenvalue weighted by molar-refractivity contribution is 5.32. The van der Waals surface area contributed by atoms with Crippen molar-refractivity contribution >= 4 is 0 Å². The molecule has 1 aromatic carbocycles.